The molecule has 0 aliphatic rings. The van der Waals surface area contributed by atoms with Gasteiger partial charge in [0.15, 0.2) is 0 Å². The molecule has 0 saturated heterocycles. The van der Waals surface area contributed by atoms with Crippen molar-refractivity contribution in [3.63, 3.8) is 0 Å². The molecule has 2 heterocycles. The van der Waals surface area contributed by atoms with Gasteiger partial charge in [-0.05, 0) is 26.1 Å². The summed E-state index contributed by atoms with van der Waals surface area (Å²) in [4.78, 5) is 0. The van der Waals surface area contributed by atoms with Gasteiger partial charge >= 0.3 is 0 Å². The Bertz CT molecular complexity index is 513. The molecule has 2 rings (SSSR count). The molecule has 0 amide bonds. The molecule has 98 valence electrons. The Kier molecular flexibility index (Phi) is 3.87. The molecule has 0 spiro atoms. The van der Waals surface area contributed by atoms with Crippen LogP contribution in [0.25, 0.3) is 0 Å². The number of rotatable bonds is 5. The van der Waals surface area contributed by atoms with Crippen LogP contribution in [0.3, 0.4) is 0 Å². The first-order chi connectivity index (χ1) is 8.65. The molecule has 2 aromatic heterocycles. The van der Waals surface area contributed by atoms with Crippen LogP contribution in [0.1, 0.15) is 35.7 Å². The van der Waals surface area contributed by atoms with Gasteiger partial charge in [-0.25, -0.2) is 0 Å². The van der Waals surface area contributed by atoms with Crippen molar-refractivity contribution in [3.05, 3.63) is 41.1 Å². The van der Waals surface area contributed by atoms with Gasteiger partial charge in [0.1, 0.15) is 5.76 Å². The summed E-state index contributed by atoms with van der Waals surface area (Å²) < 4.78 is 7.46. The zero-order valence-electron chi connectivity index (χ0n) is 11.5. The quantitative estimate of drug-likeness (QED) is 0.882. The molecule has 0 aliphatic carbocycles. The van der Waals surface area contributed by atoms with Crippen LogP contribution < -0.4 is 5.32 Å². The third-order valence-corrected chi connectivity index (χ3v) is 3.34. The highest BCUT2D eigenvalue weighted by Crippen LogP contribution is 2.23. The van der Waals surface area contributed by atoms with Crippen molar-refractivity contribution < 1.29 is 4.42 Å². The molecule has 0 saturated carbocycles. The molecular formula is C14H21N3O. The second kappa shape index (κ2) is 5.40. The van der Waals surface area contributed by atoms with Crippen molar-refractivity contribution in [2.75, 3.05) is 7.05 Å². The van der Waals surface area contributed by atoms with E-state index in [1.807, 2.05) is 25.7 Å². The number of hydrogen-bond donors (Lipinski definition) is 1. The minimum Gasteiger partial charge on any atom is -0.469 e. The summed E-state index contributed by atoms with van der Waals surface area (Å²) in [6, 6.07) is 4.47. The summed E-state index contributed by atoms with van der Waals surface area (Å²) in [5, 5.41) is 7.75. The number of furan rings is 1. The first kappa shape index (κ1) is 12.9. The summed E-state index contributed by atoms with van der Waals surface area (Å²) in [5.74, 6) is 1.06. The second-order valence-corrected chi connectivity index (χ2v) is 4.60. The van der Waals surface area contributed by atoms with E-state index in [1.54, 1.807) is 6.26 Å². The largest absolute Gasteiger partial charge is 0.469 e. The SMILES string of the molecule is CCc1occc1C(Cc1cc(C)nn1C)NC. The lowest BCUT2D eigenvalue weighted by atomic mass is 10.0. The zero-order chi connectivity index (χ0) is 13.1. The van der Waals surface area contributed by atoms with Crippen LogP contribution in [0.4, 0.5) is 0 Å². The van der Waals surface area contributed by atoms with Crippen LogP contribution in [0.2, 0.25) is 0 Å². The predicted molar refractivity (Wildman–Crippen MR) is 71.5 cm³/mol. The van der Waals surface area contributed by atoms with Gasteiger partial charge in [-0.2, -0.15) is 5.10 Å². The third kappa shape index (κ3) is 2.48. The molecule has 1 unspecified atom stereocenters. The molecule has 0 bridgehead atoms. The normalized spacial score (nSPS) is 12.9. The van der Waals surface area contributed by atoms with Crippen molar-refractivity contribution >= 4 is 0 Å². The zero-order valence-corrected chi connectivity index (χ0v) is 11.5. The lowest BCUT2D eigenvalue weighted by molar-refractivity contribution is 0.491. The van der Waals surface area contributed by atoms with Crippen LogP contribution in [0.15, 0.2) is 22.8 Å². The molecule has 0 fully saturated rings. The van der Waals surface area contributed by atoms with Gasteiger partial charge in [0, 0.05) is 37.2 Å². The van der Waals surface area contributed by atoms with E-state index in [0.717, 1.165) is 24.3 Å². The maximum atomic E-state index is 5.51. The van der Waals surface area contributed by atoms with Gasteiger partial charge in [-0.1, -0.05) is 6.92 Å². The molecule has 0 aromatic carbocycles. The van der Waals surface area contributed by atoms with Gasteiger partial charge in [0.05, 0.1) is 12.0 Å². The minimum absolute atomic E-state index is 0.272. The number of aromatic nitrogens is 2. The second-order valence-electron chi connectivity index (χ2n) is 4.60. The smallest absolute Gasteiger partial charge is 0.108 e. The van der Waals surface area contributed by atoms with Crippen molar-refractivity contribution in [3.8, 4) is 0 Å². The Hall–Kier alpha value is -1.55. The Morgan fingerprint density at radius 1 is 1.50 bits per heavy atom. The fourth-order valence-corrected chi connectivity index (χ4v) is 2.38. The molecule has 0 radical (unpaired) electrons. The highest BCUT2D eigenvalue weighted by atomic mass is 16.3. The number of nitrogens with one attached hydrogen (secondary N) is 1. The standard InChI is InChI=1S/C14H21N3O/c1-5-14-12(6-7-18-14)13(15-3)9-11-8-10(2)16-17(11)4/h6-8,13,15H,5,9H2,1-4H3. The van der Waals surface area contributed by atoms with Gasteiger partial charge in [0.25, 0.3) is 0 Å². The topological polar surface area (TPSA) is 43.0 Å². The Morgan fingerprint density at radius 2 is 2.28 bits per heavy atom. The number of likely N-dealkylation sites (N-methyl/N-ethyl adjacent to an activating group) is 1. The fraction of sp³-hybridized carbons (Fsp3) is 0.500. The number of nitrogens with zero attached hydrogens (tertiary/aromatic N) is 2. The van der Waals surface area contributed by atoms with Gasteiger partial charge in [0.2, 0.25) is 0 Å². The van der Waals surface area contributed by atoms with E-state index in [-0.39, 0.29) is 6.04 Å². The molecular weight excluding hydrogens is 226 g/mol. The Balaban J connectivity index is 2.22. The molecule has 4 nitrogen and oxygen atoms in total. The summed E-state index contributed by atoms with van der Waals surface area (Å²) in [6.45, 7) is 4.14. The summed E-state index contributed by atoms with van der Waals surface area (Å²) in [5.41, 5.74) is 3.54. The molecule has 1 N–H and O–H groups in total. The average Bonchev–Trinajstić information content (AvgIpc) is 2.92. The lowest BCUT2D eigenvalue weighted by Crippen LogP contribution is -2.20. The lowest BCUT2D eigenvalue weighted by Gasteiger charge is -2.16. The Labute approximate surface area is 108 Å². The number of aryl methyl sites for hydroxylation is 3. The van der Waals surface area contributed by atoms with Crippen molar-refractivity contribution in [1.29, 1.82) is 0 Å². The minimum atomic E-state index is 0.272. The van der Waals surface area contributed by atoms with E-state index < -0.39 is 0 Å². The molecule has 2 aromatic rings. The number of hydrogen-bond acceptors (Lipinski definition) is 3. The van der Waals surface area contributed by atoms with Gasteiger partial charge in [-0.15, -0.1) is 0 Å². The van der Waals surface area contributed by atoms with E-state index in [0.29, 0.717) is 0 Å². The summed E-state index contributed by atoms with van der Waals surface area (Å²) >= 11 is 0. The van der Waals surface area contributed by atoms with E-state index in [2.05, 4.69) is 29.5 Å². The summed E-state index contributed by atoms with van der Waals surface area (Å²) in [6.07, 6.45) is 3.61. The highest BCUT2D eigenvalue weighted by molar-refractivity contribution is 5.24. The third-order valence-electron chi connectivity index (χ3n) is 3.34. The molecule has 4 heteroatoms. The maximum Gasteiger partial charge on any atom is 0.108 e. The molecule has 18 heavy (non-hydrogen) atoms. The predicted octanol–water partition coefficient (Wildman–Crippen LogP) is 2.39. The molecule has 0 aliphatic heterocycles. The van der Waals surface area contributed by atoms with E-state index >= 15 is 0 Å². The van der Waals surface area contributed by atoms with Crippen LogP contribution in [0.5, 0.6) is 0 Å². The van der Waals surface area contributed by atoms with Crippen LogP contribution in [-0.4, -0.2) is 16.8 Å². The van der Waals surface area contributed by atoms with Crippen LogP contribution in [0, 0.1) is 6.92 Å². The summed E-state index contributed by atoms with van der Waals surface area (Å²) in [7, 11) is 3.98. The van der Waals surface area contributed by atoms with Crippen molar-refractivity contribution in [2.45, 2.75) is 32.7 Å². The van der Waals surface area contributed by atoms with Crippen molar-refractivity contribution in [2.24, 2.45) is 7.05 Å². The van der Waals surface area contributed by atoms with E-state index in [9.17, 15) is 0 Å². The fourth-order valence-electron chi connectivity index (χ4n) is 2.38. The molecule has 1 atom stereocenters. The van der Waals surface area contributed by atoms with E-state index in [4.69, 9.17) is 4.42 Å². The first-order valence-electron chi connectivity index (χ1n) is 6.38. The van der Waals surface area contributed by atoms with Crippen LogP contribution in [-0.2, 0) is 19.9 Å². The van der Waals surface area contributed by atoms with Gasteiger partial charge in [-0.3, -0.25) is 4.68 Å². The van der Waals surface area contributed by atoms with Gasteiger partial charge < -0.3 is 9.73 Å². The first-order valence-corrected chi connectivity index (χ1v) is 6.38. The van der Waals surface area contributed by atoms with E-state index in [1.165, 1.54) is 11.3 Å². The average molecular weight is 247 g/mol. The highest BCUT2D eigenvalue weighted by Gasteiger charge is 2.17. The van der Waals surface area contributed by atoms with Crippen LogP contribution >= 0.6 is 0 Å². The maximum absolute atomic E-state index is 5.51. The van der Waals surface area contributed by atoms with Crippen molar-refractivity contribution in [1.82, 2.24) is 15.1 Å². The Morgan fingerprint density at radius 3 is 2.83 bits per heavy atom. The monoisotopic (exact) mass is 247 g/mol.